The number of likely N-dealkylation sites (tertiary alicyclic amines) is 1. The molecule has 1 aliphatic heterocycles. The van der Waals surface area contributed by atoms with Crippen LogP contribution in [0, 0.1) is 5.82 Å². The van der Waals surface area contributed by atoms with E-state index in [4.69, 9.17) is 0 Å². The van der Waals surface area contributed by atoms with Gasteiger partial charge in [-0.15, -0.1) is 0 Å². The average Bonchev–Trinajstić information content (AvgIpc) is 3.11. The predicted molar refractivity (Wildman–Crippen MR) is 90.3 cm³/mol. The number of carbonyl (C=O) groups is 2. The maximum Gasteiger partial charge on any atom is 0.258 e. The quantitative estimate of drug-likeness (QED) is 0.938. The standard InChI is InChI=1S/C19H19FN2O2/c20-17-6-2-1-5-16(17)19(24)21-15-9-7-14(8-10-15)13-18(23)22-11-3-4-12-22/h1-2,5-10H,3-4,11-13H2,(H,21,24). The maximum atomic E-state index is 13.6. The first-order valence-corrected chi connectivity index (χ1v) is 8.06. The number of nitrogens with one attached hydrogen (secondary N) is 1. The Kier molecular flexibility index (Phi) is 4.89. The van der Waals surface area contributed by atoms with Crippen LogP contribution in [0.25, 0.3) is 0 Å². The predicted octanol–water partition coefficient (Wildman–Crippen LogP) is 3.24. The van der Waals surface area contributed by atoms with Gasteiger partial charge in [0.15, 0.2) is 0 Å². The lowest BCUT2D eigenvalue weighted by Crippen LogP contribution is -2.29. The van der Waals surface area contributed by atoms with Crippen molar-refractivity contribution in [2.24, 2.45) is 0 Å². The van der Waals surface area contributed by atoms with E-state index in [1.807, 2.05) is 17.0 Å². The number of nitrogens with zero attached hydrogens (tertiary/aromatic N) is 1. The molecule has 2 aromatic carbocycles. The van der Waals surface area contributed by atoms with E-state index in [9.17, 15) is 14.0 Å². The smallest absolute Gasteiger partial charge is 0.258 e. The first-order valence-electron chi connectivity index (χ1n) is 8.06. The Bertz CT molecular complexity index is 737. The second-order valence-electron chi connectivity index (χ2n) is 5.90. The summed E-state index contributed by atoms with van der Waals surface area (Å²) in [6, 6.07) is 12.9. The molecule has 2 amide bonds. The number of hydrogen-bond donors (Lipinski definition) is 1. The SMILES string of the molecule is O=C(Nc1ccc(CC(=O)N2CCCC2)cc1)c1ccccc1F. The number of benzene rings is 2. The molecule has 5 heteroatoms. The van der Waals surface area contributed by atoms with Gasteiger partial charge in [0, 0.05) is 18.8 Å². The highest BCUT2D eigenvalue weighted by molar-refractivity contribution is 6.04. The molecule has 0 radical (unpaired) electrons. The minimum atomic E-state index is -0.553. The molecule has 1 saturated heterocycles. The molecule has 1 aliphatic rings. The summed E-state index contributed by atoms with van der Waals surface area (Å²) in [4.78, 5) is 26.1. The summed E-state index contributed by atoms with van der Waals surface area (Å²) >= 11 is 0. The van der Waals surface area contributed by atoms with Crippen LogP contribution in [0.4, 0.5) is 10.1 Å². The van der Waals surface area contributed by atoms with Gasteiger partial charge in [-0.3, -0.25) is 9.59 Å². The van der Waals surface area contributed by atoms with Gasteiger partial charge in [-0.2, -0.15) is 0 Å². The van der Waals surface area contributed by atoms with Crippen molar-refractivity contribution in [1.82, 2.24) is 4.90 Å². The molecule has 0 saturated carbocycles. The fourth-order valence-electron chi connectivity index (χ4n) is 2.80. The number of rotatable bonds is 4. The van der Waals surface area contributed by atoms with Crippen LogP contribution in [0.15, 0.2) is 48.5 Å². The zero-order chi connectivity index (χ0) is 16.9. The molecule has 24 heavy (non-hydrogen) atoms. The van der Waals surface area contributed by atoms with Crippen molar-refractivity contribution in [3.05, 3.63) is 65.5 Å². The molecule has 0 aliphatic carbocycles. The number of anilines is 1. The summed E-state index contributed by atoms with van der Waals surface area (Å²) in [5.74, 6) is -0.910. The third-order valence-electron chi connectivity index (χ3n) is 4.14. The molecule has 124 valence electrons. The molecule has 0 bridgehead atoms. The summed E-state index contributed by atoms with van der Waals surface area (Å²) in [7, 11) is 0. The molecule has 0 aromatic heterocycles. The van der Waals surface area contributed by atoms with E-state index >= 15 is 0 Å². The first kappa shape index (κ1) is 16.2. The van der Waals surface area contributed by atoms with Crippen molar-refractivity contribution in [3.8, 4) is 0 Å². The summed E-state index contributed by atoms with van der Waals surface area (Å²) < 4.78 is 13.6. The molecule has 0 spiro atoms. The van der Waals surface area contributed by atoms with Gasteiger partial charge in [-0.25, -0.2) is 4.39 Å². The summed E-state index contributed by atoms with van der Waals surface area (Å²) in [5, 5.41) is 2.66. The van der Waals surface area contributed by atoms with Gasteiger partial charge in [0.25, 0.3) is 5.91 Å². The van der Waals surface area contributed by atoms with Crippen LogP contribution < -0.4 is 5.32 Å². The molecular weight excluding hydrogens is 307 g/mol. The van der Waals surface area contributed by atoms with Gasteiger partial charge in [0.05, 0.1) is 12.0 Å². The zero-order valence-electron chi connectivity index (χ0n) is 13.3. The molecular formula is C19H19FN2O2. The van der Waals surface area contributed by atoms with Crippen molar-refractivity contribution in [2.75, 3.05) is 18.4 Å². The lowest BCUT2D eigenvalue weighted by atomic mass is 10.1. The highest BCUT2D eigenvalue weighted by Gasteiger charge is 2.18. The van der Waals surface area contributed by atoms with Crippen molar-refractivity contribution in [3.63, 3.8) is 0 Å². The van der Waals surface area contributed by atoms with Gasteiger partial charge < -0.3 is 10.2 Å². The van der Waals surface area contributed by atoms with E-state index < -0.39 is 11.7 Å². The van der Waals surface area contributed by atoms with E-state index in [1.165, 1.54) is 18.2 Å². The second-order valence-corrected chi connectivity index (χ2v) is 5.90. The highest BCUT2D eigenvalue weighted by Crippen LogP contribution is 2.15. The third-order valence-corrected chi connectivity index (χ3v) is 4.14. The van der Waals surface area contributed by atoms with E-state index in [0.29, 0.717) is 12.1 Å². The minimum absolute atomic E-state index is 0.00536. The van der Waals surface area contributed by atoms with Gasteiger partial charge in [0.1, 0.15) is 5.82 Å². The second kappa shape index (κ2) is 7.25. The van der Waals surface area contributed by atoms with Crippen molar-refractivity contribution in [2.45, 2.75) is 19.3 Å². The average molecular weight is 326 g/mol. The van der Waals surface area contributed by atoms with Crippen molar-refractivity contribution < 1.29 is 14.0 Å². The third kappa shape index (κ3) is 3.79. The fourth-order valence-corrected chi connectivity index (χ4v) is 2.80. The van der Waals surface area contributed by atoms with Crippen LogP contribution in [0.5, 0.6) is 0 Å². The van der Waals surface area contributed by atoms with Crippen LogP contribution in [-0.4, -0.2) is 29.8 Å². The van der Waals surface area contributed by atoms with Crippen LogP contribution >= 0.6 is 0 Å². The van der Waals surface area contributed by atoms with E-state index in [-0.39, 0.29) is 11.5 Å². The van der Waals surface area contributed by atoms with Crippen LogP contribution in [0.3, 0.4) is 0 Å². The van der Waals surface area contributed by atoms with Crippen molar-refractivity contribution >= 4 is 17.5 Å². The lowest BCUT2D eigenvalue weighted by Gasteiger charge is -2.15. The fraction of sp³-hybridized carbons (Fsp3) is 0.263. The molecule has 4 nitrogen and oxygen atoms in total. The summed E-state index contributed by atoms with van der Waals surface area (Å²) in [6.45, 7) is 1.69. The molecule has 0 unspecified atom stereocenters. The van der Waals surface area contributed by atoms with Gasteiger partial charge in [-0.1, -0.05) is 24.3 Å². The van der Waals surface area contributed by atoms with E-state index in [1.54, 1.807) is 18.2 Å². The summed E-state index contributed by atoms with van der Waals surface area (Å²) in [5.41, 5.74) is 1.47. The molecule has 1 heterocycles. The van der Waals surface area contributed by atoms with Crippen molar-refractivity contribution in [1.29, 1.82) is 0 Å². The Morgan fingerprint density at radius 2 is 1.67 bits per heavy atom. The lowest BCUT2D eigenvalue weighted by molar-refractivity contribution is -0.129. The Hall–Kier alpha value is -2.69. The molecule has 1 N–H and O–H groups in total. The van der Waals surface area contributed by atoms with Gasteiger partial charge in [-0.05, 0) is 42.7 Å². The number of carbonyl (C=O) groups excluding carboxylic acids is 2. The summed E-state index contributed by atoms with van der Waals surface area (Å²) in [6.07, 6.45) is 2.51. The maximum absolute atomic E-state index is 13.6. The Morgan fingerprint density at radius 1 is 1.00 bits per heavy atom. The Morgan fingerprint density at radius 3 is 2.33 bits per heavy atom. The van der Waals surface area contributed by atoms with Crippen LogP contribution in [-0.2, 0) is 11.2 Å². The minimum Gasteiger partial charge on any atom is -0.342 e. The molecule has 2 aromatic rings. The largest absolute Gasteiger partial charge is 0.342 e. The first-order chi connectivity index (χ1) is 11.6. The molecule has 1 fully saturated rings. The monoisotopic (exact) mass is 326 g/mol. The zero-order valence-corrected chi connectivity index (χ0v) is 13.3. The molecule has 3 rings (SSSR count). The molecule has 0 atom stereocenters. The van der Waals surface area contributed by atoms with E-state index in [0.717, 1.165) is 31.5 Å². The number of halogens is 1. The Labute approximate surface area is 140 Å². The van der Waals surface area contributed by atoms with Crippen LogP contribution in [0.2, 0.25) is 0 Å². The van der Waals surface area contributed by atoms with Gasteiger partial charge >= 0.3 is 0 Å². The topological polar surface area (TPSA) is 49.4 Å². The normalized spacial score (nSPS) is 13.8. The Balaban J connectivity index is 1.61. The highest BCUT2D eigenvalue weighted by atomic mass is 19.1. The van der Waals surface area contributed by atoms with Crippen LogP contribution in [0.1, 0.15) is 28.8 Å². The number of amides is 2. The van der Waals surface area contributed by atoms with Gasteiger partial charge in [0.2, 0.25) is 5.91 Å². The van der Waals surface area contributed by atoms with E-state index in [2.05, 4.69) is 5.32 Å². The number of hydrogen-bond acceptors (Lipinski definition) is 2.